The predicted molar refractivity (Wildman–Crippen MR) is 112 cm³/mol. The van der Waals surface area contributed by atoms with Crippen molar-refractivity contribution in [3.8, 4) is 28.6 Å². The highest BCUT2D eigenvalue weighted by Gasteiger charge is 2.16. The van der Waals surface area contributed by atoms with E-state index in [0.29, 0.717) is 35.5 Å². The van der Waals surface area contributed by atoms with E-state index in [2.05, 4.69) is 15.3 Å². The molecule has 0 saturated carbocycles. The molecule has 1 aliphatic heterocycles. The lowest BCUT2D eigenvalue weighted by Gasteiger charge is -2.18. The minimum absolute atomic E-state index is 0.0611. The molecule has 150 valence electrons. The summed E-state index contributed by atoms with van der Waals surface area (Å²) in [5.74, 6) is 1.36. The first-order valence-electron chi connectivity index (χ1n) is 8.98. The maximum absolute atomic E-state index is 12.5. The van der Waals surface area contributed by atoms with Crippen LogP contribution in [0.5, 0.6) is 17.4 Å². The molecule has 9 heteroatoms. The second-order valence-electron chi connectivity index (χ2n) is 6.53. The van der Waals surface area contributed by atoms with Crippen molar-refractivity contribution in [3.05, 3.63) is 46.4 Å². The molecule has 1 amide bonds. The van der Waals surface area contributed by atoms with Gasteiger partial charge in [-0.2, -0.15) is 0 Å². The Labute approximate surface area is 176 Å². The van der Waals surface area contributed by atoms with E-state index in [1.54, 1.807) is 0 Å². The van der Waals surface area contributed by atoms with Crippen LogP contribution in [0.4, 0.5) is 5.13 Å². The highest BCUT2D eigenvalue weighted by atomic mass is 35.5. The maximum Gasteiger partial charge on any atom is 0.259 e. The number of carbonyl (C=O) groups is 1. The highest BCUT2D eigenvalue weighted by Crippen LogP contribution is 2.35. The Hall–Kier alpha value is -2.84. The minimum atomic E-state index is -0.349. The summed E-state index contributed by atoms with van der Waals surface area (Å²) in [7, 11) is 0. The van der Waals surface area contributed by atoms with Crippen molar-refractivity contribution in [1.82, 2.24) is 9.97 Å². The molecule has 0 bridgehead atoms. The molecule has 0 aliphatic carbocycles. The van der Waals surface area contributed by atoms with E-state index in [9.17, 15) is 4.79 Å². The van der Waals surface area contributed by atoms with E-state index in [4.69, 9.17) is 25.8 Å². The number of rotatable bonds is 5. The second-order valence-corrected chi connectivity index (χ2v) is 7.79. The van der Waals surface area contributed by atoms with Crippen LogP contribution in [-0.2, 0) is 0 Å². The van der Waals surface area contributed by atoms with Crippen LogP contribution in [0.2, 0.25) is 5.02 Å². The Morgan fingerprint density at radius 1 is 1.24 bits per heavy atom. The quantitative estimate of drug-likeness (QED) is 0.632. The van der Waals surface area contributed by atoms with Crippen LogP contribution in [0.25, 0.3) is 11.3 Å². The molecule has 0 fully saturated rings. The molecule has 0 spiro atoms. The molecule has 1 aromatic carbocycles. The zero-order chi connectivity index (χ0) is 20.4. The summed E-state index contributed by atoms with van der Waals surface area (Å²) in [5.41, 5.74) is 1.94. The van der Waals surface area contributed by atoms with Gasteiger partial charge in [0.25, 0.3) is 5.91 Å². The van der Waals surface area contributed by atoms with Gasteiger partial charge in [-0.1, -0.05) is 11.6 Å². The van der Waals surface area contributed by atoms with E-state index in [1.807, 2.05) is 37.4 Å². The van der Waals surface area contributed by atoms with Crippen LogP contribution in [0.1, 0.15) is 24.2 Å². The van der Waals surface area contributed by atoms with Gasteiger partial charge in [-0.15, -0.1) is 11.3 Å². The Bertz CT molecular complexity index is 1050. The Balaban J connectivity index is 1.48. The number of thiazole rings is 1. The first kappa shape index (κ1) is 19.5. The lowest BCUT2D eigenvalue weighted by molar-refractivity contribution is 0.102. The van der Waals surface area contributed by atoms with E-state index >= 15 is 0 Å². The summed E-state index contributed by atoms with van der Waals surface area (Å²) in [5, 5.41) is 5.39. The van der Waals surface area contributed by atoms with Gasteiger partial charge >= 0.3 is 0 Å². The van der Waals surface area contributed by atoms with Gasteiger partial charge in [-0.05, 0) is 38.1 Å². The van der Waals surface area contributed by atoms with E-state index < -0.39 is 0 Å². The number of ether oxygens (including phenoxy) is 3. The number of benzene rings is 1. The number of nitrogens with zero attached hydrogens (tertiary/aromatic N) is 2. The first-order chi connectivity index (χ1) is 14.0. The summed E-state index contributed by atoms with van der Waals surface area (Å²) in [6.07, 6.45) is 1.36. The second kappa shape index (κ2) is 8.26. The SMILES string of the molecule is CC(C)Oc1ncc(C(=O)Nc2nc(-c3ccc4c(c3)OCCO4)cs2)cc1Cl. The molecule has 0 radical (unpaired) electrons. The third-order valence-electron chi connectivity index (χ3n) is 3.98. The normalized spacial score (nSPS) is 12.7. The van der Waals surface area contributed by atoms with Crippen molar-refractivity contribution < 1.29 is 19.0 Å². The lowest BCUT2D eigenvalue weighted by Crippen LogP contribution is -2.15. The van der Waals surface area contributed by atoms with E-state index in [0.717, 1.165) is 17.0 Å². The number of pyridine rings is 1. The first-order valence-corrected chi connectivity index (χ1v) is 10.2. The number of carbonyl (C=O) groups excluding carboxylic acids is 1. The topological polar surface area (TPSA) is 82.6 Å². The van der Waals surface area contributed by atoms with Crippen LogP contribution in [0, 0.1) is 0 Å². The molecule has 0 atom stereocenters. The van der Waals surface area contributed by atoms with Crippen LogP contribution in [0.3, 0.4) is 0 Å². The van der Waals surface area contributed by atoms with Crippen LogP contribution < -0.4 is 19.5 Å². The van der Waals surface area contributed by atoms with Crippen molar-refractivity contribution in [2.45, 2.75) is 20.0 Å². The third-order valence-corrected chi connectivity index (χ3v) is 5.01. The largest absolute Gasteiger partial charge is 0.486 e. The van der Waals surface area contributed by atoms with Gasteiger partial charge < -0.3 is 14.2 Å². The van der Waals surface area contributed by atoms with Crippen molar-refractivity contribution >= 4 is 34.0 Å². The summed E-state index contributed by atoms with van der Waals surface area (Å²) in [4.78, 5) is 21.1. The lowest BCUT2D eigenvalue weighted by atomic mass is 10.1. The zero-order valence-electron chi connectivity index (χ0n) is 15.8. The summed E-state index contributed by atoms with van der Waals surface area (Å²) in [6.45, 7) is 4.82. The Kier molecular flexibility index (Phi) is 5.55. The molecular weight excluding hydrogens is 414 g/mol. The fourth-order valence-electron chi connectivity index (χ4n) is 2.70. The van der Waals surface area contributed by atoms with Gasteiger partial charge in [0.15, 0.2) is 16.6 Å². The molecule has 29 heavy (non-hydrogen) atoms. The van der Waals surface area contributed by atoms with Gasteiger partial charge in [0.2, 0.25) is 5.88 Å². The number of aromatic nitrogens is 2. The number of fused-ring (bicyclic) bond motifs is 1. The fraction of sp³-hybridized carbons (Fsp3) is 0.250. The van der Waals surface area contributed by atoms with Gasteiger partial charge in [0.1, 0.15) is 18.2 Å². The van der Waals surface area contributed by atoms with Gasteiger partial charge in [-0.25, -0.2) is 9.97 Å². The monoisotopic (exact) mass is 431 g/mol. The average Bonchev–Trinajstić information content (AvgIpc) is 3.17. The van der Waals surface area contributed by atoms with Crippen molar-refractivity contribution in [2.24, 2.45) is 0 Å². The minimum Gasteiger partial charge on any atom is -0.486 e. The molecule has 3 heterocycles. The molecule has 4 rings (SSSR count). The van der Waals surface area contributed by atoms with Gasteiger partial charge in [-0.3, -0.25) is 10.1 Å². The average molecular weight is 432 g/mol. The number of anilines is 1. The highest BCUT2D eigenvalue weighted by molar-refractivity contribution is 7.14. The molecule has 0 unspecified atom stereocenters. The van der Waals surface area contributed by atoms with Crippen molar-refractivity contribution in [2.75, 3.05) is 18.5 Å². The number of nitrogens with one attached hydrogen (secondary N) is 1. The molecule has 7 nitrogen and oxygen atoms in total. The van der Waals surface area contributed by atoms with Crippen molar-refractivity contribution in [1.29, 1.82) is 0 Å². The van der Waals surface area contributed by atoms with Crippen molar-refractivity contribution in [3.63, 3.8) is 0 Å². The molecule has 0 saturated heterocycles. The summed E-state index contributed by atoms with van der Waals surface area (Å²) >= 11 is 7.49. The van der Waals surface area contributed by atoms with E-state index in [-0.39, 0.29) is 17.0 Å². The molecule has 2 aromatic heterocycles. The third kappa shape index (κ3) is 4.44. The summed E-state index contributed by atoms with van der Waals surface area (Å²) in [6, 6.07) is 7.17. The van der Waals surface area contributed by atoms with Gasteiger partial charge in [0, 0.05) is 17.1 Å². The number of halogens is 1. The van der Waals surface area contributed by atoms with E-state index in [1.165, 1.54) is 23.6 Å². The Morgan fingerprint density at radius 2 is 2.03 bits per heavy atom. The van der Waals surface area contributed by atoms with Crippen LogP contribution >= 0.6 is 22.9 Å². The number of hydrogen-bond acceptors (Lipinski definition) is 7. The van der Waals surface area contributed by atoms with Gasteiger partial charge in [0.05, 0.1) is 17.4 Å². The maximum atomic E-state index is 12.5. The zero-order valence-corrected chi connectivity index (χ0v) is 17.3. The smallest absolute Gasteiger partial charge is 0.259 e. The number of hydrogen-bond donors (Lipinski definition) is 1. The fourth-order valence-corrected chi connectivity index (χ4v) is 3.62. The Morgan fingerprint density at radius 3 is 2.79 bits per heavy atom. The predicted octanol–water partition coefficient (Wildman–Crippen LogP) is 4.67. The molecular formula is C20H18ClN3O4S. The summed E-state index contributed by atoms with van der Waals surface area (Å²) < 4.78 is 16.6. The molecule has 3 aromatic rings. The molecule has 1 aliphatic rings. The molecule has 1 N–H and O–H groups in total. The van der Waals surface area contributed by atoms with Crippen LogP contribution in [-0.4, -0.2) is 35.2 Å². The number of amides is 1. The standard InChI is InChI=1S/C20H18ClN3O4S/c1-11(2)28-19-14(21)7-13(9-22-19)18(25)24-20-23-15(10-29-20)12-3-4-16-17(8-12)27-6-5-26-16/h3-4,7-11H,5-6H2,1-2H3,(H,23,24,25). The van der Waals surface area contributed by atoms with Crippen LogP contribution in [0.15, 0.2) is 35.8 Å².